The Balaban J connectivity index is 1.29. The van der Waals surface area contributed by atoms with Crippen LogP contribution >= 0.6 is 7.92 Å². The van der Waals surface area contributed by atoms with Crippen molar-refractivity contribution in [2.24, 2.45) is 35.5 Å². The normalized spacial score (nSPS) is 50.9. The maximum Gasteiger partial charge on any atom is 0.264 e. The lowest BCUT2D eigenvalue weighted by Crippen LogP contribution is -2.56. The van der Waals surface area contributed by atoms with Crippen LogP contribution < -0.4 is 0 Å². The first kappa shape index (κ1) is 20.0. The monoisotopic (exact) mass is 438 g/mol. The minimum Gasteiger partial charge on any atom is -0.286 e. The Morgan fingerprint density at radius 1 is 0.655 bits per heavy atom. The van der Waals surface area contributed by atoms with E-state index in [1.54, 1.807) is 0 Å². The molecule has 0 aliphatic heterocycles. The van der Waals surface area contributed by atoms with Crippen LogP contribution in [-0.2, 0) is 10.1 Å². The van der Waals surface area contributed by atoms with Gasteiger partial charge in [-0.2, -0.15) is 8.42 Å². The maximum absolute atomic E-state index is 11.3. The van der Waals surface area contributed by atoms with Gasteiger partial charge in [-0.25, -0.2) is 0 Å². The van der Waals surface area contributed by atoms with E-state index in [1.807, 2.05) is 0 Å². The first-order valence-corrected chi connectivity index (χ1v) is 15.7. The van der Waals surface area contributed by atoms with Crippen LogP contribution in [0.2, 0.25) is 0 Å². The molecule has 8 aliphatic rings. The summed E-state index contributed by atoms with van der Waals surface area (Å²) < 4.78 is 31.8. The van der Waals surface area contributed by atoms with Gasteiger partial charge < -0.3 is 0 Å². The van der Waals surface area contributed by atoms with Gasteiger partial charge in [-0.1, -0.05) is 7.92 Å². The van der Waals surface area contributed by atoms with Gasteiger partial charge in [0.15, 0.2) is 0 Å². The molecule has 8 bridgehead atoms. The predicted octanol–water partition coefficient (Wildman–Crippen LogP) is 6.07. The van der Waals surface area contributed by atoms with Crippen molar-refractivity contribution in [1.29, 1.82) is 0 Å². The van der Waals surface area contributed by atoms with Gasteiger partial charge in [-0.15, -0.1) is 0 Å². The van der Waals surface area contributed by atoms with Crippen molar-refractivity contribution in [2.45, 2.75) is 100 Å². The van der Waals surface area contributed by atoms with Crippen molar-refractivity contribution >= 4 is 18.0 Å². The third-order valence-corrected chi connectivity index (χ3v) is 15.1. The highest BCUT2D eigenvalue weighted by atomic mass is 32.2. The van der Waals surface area contributed by atoms with Crippen LogP contribution in [0.3, 0.4) is 0 Å². The summed E-state index contributed by atoms with van der Waals surface area (Å²) in [6.45, 7) is 0. The molecule has 0 atom stereocenters. The fraction of sp³-hybridized carbons (Fsp3) is 1.00. The van der Waals surface area contributed by atoms with Crippen LogP contribution in [0.15, 0.2) is 0 Å². The molecule has 0 heterocycles. The second-order valence-corrected chi connectivity index (χ2v) is 17.2. The van der Waals surface area contributed by atoms with Crippen LogP contribution in [0.4, 0.5) is 0 Å². The predicted molar refractivity (Wildman–Crippen MR) is 119 cm³/mol. The first-order chi connectivity index (χ1) is 13.8. The van der Waals surface area contributed by atoms with E-state index < -0.39 is 10.1 Å². The number of unbranched alkanes of at least 4 members (excludes halogenated alkanes) is 1. The van der Waals surface area contributed by atoms with E-state index in [2.05, 4.69) is 0 Å². The average molecular weight is 439 g/mol. The zero-order valence-electron chi connectivity index (χ0n) is 17.9. The van der Waals surface area contributed by atoms with Gasteiger partial charge in [-0.3, -0.25) is 4.55 Å². The SMILES string of the molecule is O=S(=O)(O)CCCCP(C12CC3CC(CC(C3)C1)C2)C12CC3CC(CC(C3)C1)C2. The number of hydrogen-bond acceptors (Lipinski definition) is 2. The Hall–Kier alpha value is 0.340. The lowest BCUT2D eigenvalue weighted by atomic mass is 9.55. The second-order valence-electron chi connectivity index (χ2n) is 12.4. The summed E-state index contributed by atoms with van der Waals surface area (Å²) in [4.78, 5) is 0. The third-order valence-electron chi connectivity index (χ3n) is 10.2. The standard InChI is InChI=1S/C24H39O3PS/c25-29(26,27)4-2-1-3-28(23-11-17-5-18(12-23)7-19(6-17)13-23)24-14-20-8-21(15-24)10-22(9-20)16-24/h17-22H,1-16H2,(H,25,26,27). The van der Waals surface area contributed by atoms with E-state index in [4.69, 9.17) is 0 Å². The van der Waals surface area contributed by atoms with Crippen LogP contribution in [-0.4, -0.2) is 35.2 Å². The summed E-state index contributed by atoms with van der Waals surface area (Å²) in [5, 5.41) is 1.29. The van der Waals surface area contributed by atoms with Crippen LogP contribution in [0, 0.1) is 35.5 Å². The summed E-state index contributed by atoms with van der Waals surface area (Å²) in [5.74, 6) is 6.04. The summed E-state index contributed by atoms with van der Waals surface area (Å²) >= 11 is 0. The Morgan fingerprint density at radius 2 is 1.00 bits per heavy atom. The minimum absolute atomic E-state index is 0.0298. The molecule has 29 heavy (non-hydrogen) atoms. The molecule has 0 aromatic rings. The van der Waals surface area contributed by atoms with Crippen molar-refractivity contribution in [3.63, 3.8) is 0 Å². The van der Waals surface area contributed by atoms with Gasteiger partial charge in [0.2, 0.25) is 0 Å². The molecule has 8 fully saturated rings. The Labute approximate surface area is 178 Å². The number of rotatable bonds is 7. The Morgan fingerprint density at radius 3 is 1.31 bits per heavy atom. The lowest BCUT2D eigenvalue weighted by molar-refractivity contribution is 0.0185. The molecule has 8 aliphatic carbocycles. The largest absolute Gasteiger partial charge is 0.286 e. The second kappa shape index (κ2) is 6.92. The van der Waals surface area contributed by atoms with E-state index in [1.165, 1.54) is 83.2 Å². The maximum atomic E-state index is 11.3. The van der Waals surface area contributed by atoms with Crippen molar-refractivity contribution in [2.75, 3.05) is 11.9 Å². The van der Waals surface area contributed by atoms with E-state index >= 15 is 0 Å². The van der Waals surface area contributed by atoms with Crippen molar-refractivity contribution < 1.29 is 13.0 Å². The molecule has 0 spiro atoms. The van der Waals surface area contributed by atoms with Crippen LogP contribution in [0.5, 0.6) is 0 Å². The molecule has 0 radical (unpaired) electrons. The first-order valence-electron chi connectivity index (χ1n) is 12.5. The fourth-order valence-electron chi connectivity index (χ4n) is 10.3. The molecule has 3 nitrogen and oxygen atoms in total. The zero-order chi connectivity index (χ0) is 19.9. The summed E-state index contributed by atoms with van der Waals surface area (Å²) in [5.41, 5.74) is 0. The van der Waals surface area contributed by atoms with E-state index in [-0.39, 0.29) is 13.7 Å². The topological polar surface area (TPSA) is 54.4 Å². The van der Waals surface area contributed by atoms with Gasteiger partial charge in [-0.05, 0) is 142 Å². The third kappa shape index (κ3) is 3.56. The van der Waals surface area contributed by atoms with Gasteiger partial charge in [0.1, 0.15) is 0 Å². The minimum atomic E-state index is -3.80. The molecule has 0 unspecified atom stereocenters. The summed E-state index contributed by atoms with van der Waals surface area (Å²) in [7, 11) is -3.84. The van der Waals surface area contributed by atoms with Crippen LogP contribution in [0.1, 0.15) is 89.9 Å². The Kier molecular flexibility index (Phi) is 4.77. The molecule has 5 heteroatoms. The summed E-state index contributed by atoms with van der Waals surface area (Å²) in [6.07, 6.45) is 21.2. The van der Waals surface area contributed by atoms with Crippen LogP contribution in [0.25, 0.3) is 0 Å². The van der Waals surface area contributed by atoms with Gasteiger partial charge in [0.05, 0.1) is 5.75 Å². The molecule has 0 saturated heterocycles. The highest BCUT2D eigenvalue weighted by Crippen LogP contribution is 2.78. The molecule has 164 valence electrons. The van der Waals surface area contributed by atoms with E-state index in [9.17, 15) is 13.0 Å². The molecule has 0 aromatic heterocycles. The molecule has 1 N–H and O–H groups in total. The smallest absolute Gasteiger partial charge is 0.264 e. The van der Waals surface area contributed by atoms with Crippen molar-refractivity contribution in [3.05, 3.63) is 0 Å². The highest BCUT2D eigenvalue weighted by Gasteiger charge is 2.62. The van der Waals surface area contributed by atoms with E-state index in [0.29, 0.717) is 16.7 Å². The molecular weight excluding hydrogens is 399 g/mol. The van der Waals surface area contributed by atoms with E-state index in [0.717, 1.165) is 41.9 Å². The quantitative estimate of drug-likeness (QED) is 0.298. The average Bonchev–Trinajstić information content (AvgIpc) is 2.57. The Bertz CT molecular complexity index is 646. The summed E-state index contributed by atoms with van der Waals surface area (Å²) in [6, 6.07) is 0. The molecule has 0 aromatic carbocycles. The van der Waals surface area contributed by atoms with Crippen molar-refractivity contribution in [3.8, 4) is 0 Å². The van der Waals surface area contributed by atoms with Crippen molar-refractivity contribution in [1.82, 2.24) is 0 Å². The molecule has 8 rings (SSSR count). The van der Waals surface area contributed by atoms with Gasteiger partial charge in [0, 0.05) is 0 Å². The molecular formula is C24H39O3PS. The fourth-order valence-corrected chi connectivity index (χ4v) is 16.3. The van der Waals surface area contributed by atoms with Gasteiger partial charge in [0.25, 0.3) is 10.1 Å². The zero-order valence-corrected chi connectivity index (χ0v) is 19.6. The highest BCUT2D eigenvalue weighted by molar-refractivity contribution is 7.85. The van der Waals surface area contributed by atoms with Gasteiger partial charge >= 0.3 is 0 Å². The number of hydrogen-bond donors (Lipinski definition) is 1. The molecule has 8 saturated carbocycles. The molecule has 0 amide bonds. The lowest BCUT2D eigenvalue weighted by Gasteiger charge is -2.67.